The van der Waals surface area contributed by atoms with E-state index in [9.17, 15) is 13.2 Å². The highest BCUT2D eigenvalue weighted by molar-refractivity contribution is 14.0. The molecular formula is C20H38F3IN4O2. The summed E-state index contributed by atoms with van der Waals surface area (Å²) in [6.07, 6.45) is 0.484. The summed E-state index contributed by atoms with van der Waals surface area (Å²) in [6, 6.07) is 0. The Balaban J connectivity index is 0.00000450. The minimum absolute atomic E-state index is 0. The maximum absolute atomic E-state index is 12.5. The fraction of sp³-hybridized carbons (Fsp3) is 0.950. The van der Waals surface area contributed by atoms with Crippen LogP contribution in [0.4, 0.5) is 13.2 Å². The van der Waals surface area contributed by atoms with Gasteiger partial charge >= 0.3 is 6.18 Å². The van der Waals surface area contributed by atoms with Gasteiger partial charge in [-0.3, -0.25) is 9.89 Å². The number of nitrogens with one attached hydrogen (secondary N) is 2. The predicted octanol–water partition coefficient (Wildman–Crippen LogP) is 3.27. The van der Waals surface area contributed by atoms with Gasteiger partial charge in [0.15, 0.2) is 5.96 Å². The van der Waals surface area contributed by atoms with E-state index in [0.717, 1.165) is 71.0 Å². The maximum atomic E-state index is 12.5. The fourth-order valence-electron chi connectivity index (χ4n) is 3.75. The van der Waals surface area contributed by atoms with Gasteiger partial charge in [0.25, 0.3) is 0 Å². The van der Waals surface area contributed by atoms with Crippen LogP contribution in [0.25, 0.3) is 0 Å². The molecule has 2 rings (SSSR count). The number of piperidine rings is 1. The Hall–Kier alpha value is -0.330. The van der Waals surface area contributed by atoms with Crippen LogP contribution >= 0.6 is 24.0 Å². The molecule has 0 aromatic carbocycles. The summed E-state index contributed by atoms with van der Waals surface area (Å²) in [5.74, 6) is 1.81. The van der Waals surface area contributed by atoms with Crippen LogP contribution in [0.5, 0.6) is 0 Å². The number of halogens is 4. The second kappa shape index (κ2) is 15.5. The third-order valence-electron chi connectivity index (χ3n) is 5.39. The quantitative estimate of drug-likeness (QED) is 0.179. The van der Waals surface area contributed by atoms with Crippen molar-refractivity contribution in [2.24, 2.45) is 16.8 Å². The smallest absolute Gasteiger partial charge is 0.381 e. The highest BCUT2D eigenvalue weighted by Crippen LogP contribution is 2.23. The number of aliphatic imine (C=N–C) groups is 1. The van der Waals surface area contributed by atoms with E-state index in [4.69, 9.17) is 9.47 Å². The highest BCUT2D eigenvalue weighted by atomic mass is 127. The molecule has 30 heavy (non-hydrogen) atoms. The van der Waals surface area contributed by atoms with Crippen LogP contribution in [-0.4, -0.2) is 82.7 Å². The summed E-state index contributed by atoms with van der Waals surface area (Å²) in [5.41, 5.74) is 0. The third kappa shape index (κ3) is 12.5. The van der Waals surface area contributed by atoms with Crippen molar-refractivity contribution in [2.45, 2.75) is 45.2 Å². The first-order chi connectivity index (χ1) is 14.0. The largest absolute Gasteiger partial charge is 0.401 e. The maximum Gasteiger partial charge on any atom is 0.401 e. The molecule has 1 atom stereocenters. The zero-order valence-corrected chi connectivity index (χ0v) is 20.3. The van der Waals surface area contributed by atoms with Gasteiger partial charge in [-0.1, -0.05) is 0 Å². The topological polar surface area (TPSA) is 58.1 Å². The number of hydrogen-bond acceptors (Lipinski definition) is 4. The predicted molar refractivity (Wildman–Crippen MR) is 124 cm³/mol. The van der Waals surface area contributed by atoms with Crippen LogP contribution in [0.1, 0.15) is 39.0 Å². The molecule has 10 heteroatoms. The van der Waals surface area contributed by atoms with Gasteiger partial charge in [0.05, 0.1) is 19.8 Å². The van der Waals surface area contributed by atoms with Gasteiger partial charge in [-0.15, -0.1) is 24.0 Å². The first kappa shape index (κ1) is 27.7. The van der Waals surface area contributed by atoms with Gasteiger partial charge in [-0.2, -0.15) is 13.2 Å². The van der Waals surface area contributed by atoms with Crippen molar-refractivity contribution in [1.82, 2.24) is 15.5 Å². The van der Waals surface area contributed by atoms with Crippen LogP contribution in [0, 0.1) is 11.8 Å². The summed E-state index contributed by atoms with van der Waals surface area (Å²) >= 11 is 0. The van der Waals surface area contributed by atoms with Gasteiger partial charge < -0.3 is 20.1 Å². The molecular weight excluding hydrogens is 512 g/mol. The zero-order chi connectivity index (χ0) is 21.0. The summed E-state index contributed by atoms with van der Waals surface area (Å²) in [4.78, 5) is 6.09. The second-order valence-electron chi connectivity index (χ2n) is 7.97. The molecule has 0 aromatic heterocycles. The van der Waals surface area contributed by atoms with Crippen molar-refractivity contribution in [3.63, 3.8) is 0 Å². The summed E-state index contributed by atoms with van der Waals surface area (Å²) in [5, 5.41) is 6.58. The first-order valence-electron chi connectivity index (χ1n) is 10.9. The molecule has 2 saturated heterocycles. The van der Waals surface area contributed by atoms with Crippen LogP contribution in [0.3, 0.4) is 0 Å². The average molecular weight is 550 g/mol. The van der Waals surface area contributed by atoms with E-state index < -0.39 is 12.7 Å². The monoisotopic (exact) mass is 550 g/mol. The standard InChI is InChI=1S/C20H37F3N4O2.HI/c1-2-24-19(25-8-3-12-28-14-18-7-13-29-15-18)26-9-4-17-5-10-27(11-6-17)16-20(21,22)23;/h17-18H,2-16H2,1H3,(H2,24,25,26);1H. The van der Waals surface area contributed by atoms with E-state index in [-0.39, 0.29) is 24.0 Å². The summed E-state index contributed by atoms with van der Waals surface area (Å²) in [7, 11) is 0. The van der Waals surface area contributed by atoms with E-state index >= 15 is 0 Å². The molecule has 0 amide bonds. The number of rotatable bonds is 11. The summed E-state index contributed by atoms with van der Waals surface area (Å²) in [6.45, 7) is 7.72. The SMILES string of the molecule is CCNC(=NCCCOCC1CCOC1)NCCC1CCN(CC(F)(F)F)CC1.I. The van der Waals surface area contributed by atoms with Crippen molar-refractivity contribution in [2.75, 3.05) is 65.7 Å². The minimum atomic E-state index is -4.10. The minimum Gasteiger partial charge on any atom is -0.381 e. The lowest BCUT2D eigenvalue weighted by Crippen LogP contribution is -2.41. The van der Waals surface area contributed by atoms with Crippen LogP contribution in [0.2, 0.25) is 0 Å². The number of ether oxygens (including phenoxy) is 2. The molecule has 2 fully saturated rings. The van der Waals surface area contributed by atoms with Gasteiger partial charge in [0.1, 0.15) is 0 Å². The number of hydrogen-bond donors (Lipinski definition) is 2. The lowest BCUT2D eigenvalue weighted by atomic mass is 9.93. The Morgan fingerprint density at radius 3 is 2.57 bits per heavy atom. The van der Waals surface area contributed by atoms with E-state index in [1.807, 2.05) is 6.92 Å². The molecule has 0 spiro atoms. The van der Waals surface area contributed by atoms with Gasteiger partial charge in [-0.25, -0.2) is 0 Å². The van der Waals surface area contributed by atoms with Crippen molar-refractivity contribution >= 4 is 29.9 Å². The lowest BCUT2D eigenvalue weighted by molar-refractivity contribution is -0.148. The first-order valence-corrected chi connectivity index (χ1v) is 10.9. The Labute approximate surface area is 195 Å². The highest BCUT2D eigenvalue weighted by Gasteiger charge is 2.32. The Kier molecular flexibility index (Phi) is 14.3. The Bertz CT molecular complexity index is 469. The molecule has 2 N–H and O–H groups in total. The van der Waals surface area contributed by atoms with Gasteiger partial charge in [0, 0.05) is 38.8 Å². The molecule has 0 saturated carbocycles. The van der Waals surface area contributed by atoms with Gasteiger partial charge in [0.2, 0.25) is 0 Å². The van der Waals surface area contributed by atoms with E-state index in [1.165, 1.54) is 4.90 Å². The molecule has 0 aromatic rings. The van der Waals surface area contributed by atoms with Crippen molar-refractivity contribution < 1.29 is 22.6 Å². The molecule has 0 radical (unpaired) electrons. The molecule has 6 nitrogen and oxygen atoms in total. The Morgan fingerprint density at radius 1 is 1.17 bits per heavy atom. The number of alkyl halides is 3. The summed E-state index contributed by atoms with van der Waals surface area (Å²) < 4.78 is 48.4. The van der Waals surface area contributed by atoms with Gasteiger partial charge in [-0.05, 0) is 58.0 Å². The van der Waals surface area contributed by atoms with Crippen molar-refractivity contribution in [1.29, 1.82) is 0 Å². The molecule has 2 aliphatic rings. The lowest BCUT2D eigenvalue weighted by Gasteiger charge is -2.32. The van der Waals surface area contributed by atoms with Crippen LogP contribution < -0.4 is 10.6 Å². The number of likely N-dealkylation sites (tertiary alicyclic amines) is 1. The molecule has 2 heterocycles. The van der Waals surface area contributed by atoms with E-state index in [2.05, 4.69) is 15.6 Å². The van der Waals surface area contributed by atoms with Crippen molar-refractivity contribution in [3.05, 3.63) is 0 Å². The number of nitrogens with zero attached hydrogens (tertiary/aromatic N) is 2. The number of guanidine groups is 1. The van der Waals surface area contributed by atoms with E-state index in [1.54, 1.807) is 0 Å². The zero-order valence-electron chi connectivity index (χ0n) is 18.0. The molecule has 0 aliphatic carbocycles. The molecule has 0 bridgehead atoms. The Morgan fingerprint density at radius 2 is 1.93 bits per heavy atom. The van der Waals surface area contributed by atoms with E-state index in [0.29, 0.717) is 38.1 Å². The van der Waals surface area contributed by atoms with Crippen molar-refractivity contribution in [3.8, 4) is 0 Å². The average Bonchev–Trinajstić information content (AvgIpc) is 3.18. The molecule has 178 valence electrons. The third-order valence-corrected chi connectivity index (χ3v) is 5.39. The molecule has 2 aliphatic heterocycles. The van der Waals surface area contributed by atoms with Crippen LogP contribution in [-0.2, 0) is 9.47 Å². The second-order valence-corrected chi connectivity index (χ2v) is 7.97. The fourth-order valence-corrected chi connectivity index (χ4v) is 3.75. The van der Waals surface area contributed by atoms with Crippen LogP contribution in [0.15, 0.2) is 4.99 Å². The molecule has 1 unspecified atom stereocenters. The normalized spacial score (nSPS) is 21.5.